The molecule has 3 rings (SSSR count). The molecule has 2 N–H and O–H groups in total. The Morgan fingerprint density at radius 1 is 1.11 bits per heavy atom. The third-order valence-electron chi connectivity index (χ3n) is 6.23. The third-order valence-corrected chi connectivity index (χ3v) is 6.23. The van der Waals surface area contributed by atoms with Gasteiger partial charge in [0.05, 0.1) is 6.61 Å². The second kappa shape index (κ2) is 13.8. The Morgan fingerprint density at radius 3 is 2.53 bits per heavy atom. The van der Waals surface area contributed by atoms with E-state index in [-0.39, 0.29) is 23.9 Å². The molecule has 0 aromatic heterocycles. The summed E-state index contributed by atoms with van der Waals surface area (Å²) in [5.41, 5.74) is 1.25. The Balaban J connectivity index is 1.91. The topological polar surface area (TPSA) is 89.1 Å². The van der Waals surface area contributed by atoms with Crippen LogP contribution in [-0.2, 0) is 9.53 Å². The lowest BCUT2D eigenvalue weighted by atomic mass is 10.0. The zero-order valence-corrected chi connectivity index (χ0v) is 21.8. The highest BCUT2D eigenvalue weighted by molar-refractivity contribution is 5.95. The van der Waals surface area contributed by atoms with E-state index >= 15 is 0 Å². The van der Waals surface area contributed by atoms with Crippen LogP contribution in [0.2, 0.25) is 0 Å². The molecule has 0 aliphatic carbocycles. The summed E-state index contributed by atoms with van der Waals surface area (Å²) in [7, 11) is 3.22. The molecule has 196 valence electrons. The summed E-state index contributed by atoms with van der Waals surface area (Å²) in [5, 5.41) is 6.07. The number of benzene rings is 2. The van der Waals surface area contributed by atoms with Gasteiger partial charge in [0.2, 0.25) is 6.10 Å². The van der Waals surface area contributed by atoms with Crippen molar-refractivity contribution >= 4 is 11.8 Å². The Hall–Kier alpha value is -3.10. The van der Waals surface area contributed by atoms with Crippen molar-refractivity contribution in [3.63, 3.8) is 0 Å². The molecule has 36 heavy (non-hydrogen) atoms. The lowest BCUT2D eigenvalue weighted by molar-refractivity contribution is -0.127. The number of likely N-dealkylation sites (N-methyl/N-ethyl adjacent to an activating group) is 1. The van der Waals surface area contributed by atoms with Crippen LogP contribution in [0.5, 0.6) is 11.5 Å². The molecule has 2 aromatic rings. The fourth-order valence-corrected chi connectivity index (χ4v) is 4.44. The molecule has 2 amide bonds. The number of carbonyl (C=O) groups is 2. The zero-order valence-electron chi connectivity index (χ0n) is 21.8. The van der Waals surface area contributed by atoms with E-state index in [0.717, 1.165) is 31.5 Å². The smallest absolute Gasteiger partial charge is 0.265 e. The number of amides is 2. The largest absolute Gasteiger partial charge is 0.490 e. The monoisotopic (exact) mass is 497 g/mol. The van der Waals surface area contributed by atoms with Gasteiger partial charge in [-0.05, 0) is 51.4 Å². The summed E-state index contributed by atoms with van der Waals surface area (Å²) in [6.07, 6.45) is 1.84. The molecule has 1 aliphatic heterocycles. The van der Waals surface area contributed by atoms with Crippen LogP contribution < -0.4 is 20.1 Å². The highest BCUT2D eigenvalue weighted by atomic mass is 16.5. The first-order chi connectivity index (χ1) is 17.5. The SMILES string of the molecule is CNC(=O)C(Oc1ccc(C(=O)N(C(C)C)[C@@H]2CCCNC2)cc1OCCCOC)c1ccccc1. The number of carbonyl (C=O) groups excluding carboxylic acids is 2. The Labute approximate surface area is 214 Å². The minimum Gasteiger partial charge on any atom is -0.490 e. The zero-order chi connectivity index (χ0) is 25.9. The van der Waals surface area contributed by atoms with E-state index < -0.39 is 6.10 Å². The number of nitrogens with zero attached hydrogens (tertiary/aromatic N) is 1. The number of piperidine rings is 1. The van der Waals surface area contributed by atoms with Gasteiger partial charge >= 0.3 is 0 Å². The normalized spacial score (nSPS) is 16.3. The van der Waals surface area contributed by atoms with Crippen molar-refractivity contribution in [1.29, 1.82) is 0 Å². The standard InChI is InChI=1S/C28H39N3O5/c1-20(2)31(23-12-8-15-30-19-23)28(33)22-13-14-24(25(18-22)35-17-9-16-34-4)36-26(27(32)29-3)21-10-6-5-7-11-21/h5-7,10-11,13-14,18,20,23,26,30H,8-9,12,15-17,19H2,1-4H3,(H,29,32)/t23-,26?/m1/s1. The fourth-order valence-electron chi connectivity index (χ4n) is 4.44. The van der Waals surface area contributed by atoms with E-state index in [1.807, 2.05) is 49.1 Å². The number of rotatable bonds is 12. The molecule has 2 atom stereocenters. The van der Waals surface area contributed by atoms with Gasteiger partial charge in [-0.2, -0.15) is 0 Å². The van der Waals surface area contributed by atoms with Gasteiger partial charge in [-0.25, -0.2) is 0 Å². The van der Waals surface area contributed by atoms with Crippen LogP contribution in [0.3, 0.4) is 0 Å². The molecule has 0 bridgehead atoms. The average molecular weight is 498 g/mol. The molecule has 8 heteroatoms. The van der Waals surface area contributed by atoms with Crippen molar-refractivity contribution in [1.82, 2.24) is 15.5 Å². The number of hydrogen-bond donors (Lipinski definition) is 2. The van der Waals surface area contributed by atoms with Crippen LogP contribution >= 0.6 is 0 Å². The van der Waals surface area contributed by atoms with Gasteiger partial charge in [-0.3, -0.25) is 9.59 Å². The summed E-state index contributed by atoms with van der Waals surface area (Å²) in [5.74, 6) is 0.504. The van der Waals surface area contributed by atoms with Crippen LogP contribution in [-0.4, -0.2) is 69.3 Å². The molecular weight excluding hydrogens is 458 g/mol. The average Bonchev–Trinajstić information content (AvgIpc) is 2.90. The van der Waals surface area contributed by atoms with Crippen LogP contribution in [0.4, 0.5) is 0 Å². The van der Waals surface area contributed by atoms with Crippen molar-refractivity contribution in [2.45, 2.75) is 51.3 Å². The van der Waals surface area contributed by atoms with Crippen molar-refractivity contribution in [2.24, 2.45) is 0 Å². The first-order valence-electron chi connectivity index (χ1n) is 12.7. The van der Waals surface area contributed by atoms with E-state index in [0.29, 0.717) is 36.7 Å². The highest BCUT2D eigenvalue weighted by Crippen LogP contribution is 2.34. The van der Waals surface area contributed by atoms with Crippen LogP contribution in [0.25, 0.3) is 0 Å². The molecule has 1 fully saturated rings. The molecule has 0 radical (unpaired) electrons. The first kappa shape index (κ1) is 27.5. The van der Waals surface area contributed by atoms with Crippen LogP contribution in [0.1, 0.15) is 55.1 Å². The van der Waals surface area contributed by atoms with Gasteiger partial charge in [0, 0.05) is 56.9 Å². The van der Waals surface area contributed by atoms with Gasteiger partial charge in [0.15, 0.2) is 11.5 Å². The van der Waals surface area contributed by atoms with Gasteiger partial charge < -0.3 is 29.7 Å². The lowest BCUT2D eigenvalue weighted by Crippen LogP contribution is -2.51. The van der Waals surface area contributed by atoms with E-state index in [1.54, 1.807) is 32.4 Å². The second-order valence-electron chi connectivity index (χ2n) is 9.19. The van der Waals surface area contributed by atoms with Gasteiger partial charge in [-0.15, -0.1) is 0 Å². The van der Waals surface area contributed by atoms with Gasteiger partial charge in [0.1, 0.15) is 0 Å². The predicted molar refractivity (Wildman–Crippen MR) is 140 cm³/mol. The van der Waals surface area contributed by atoms with Crippen molar-refractivity contribution in [3.05, 3.63) is 59.7 Å². The maximum atomic E-state index is 13.6. The summed E-state index contributed by atoms with van der Waals surface area (Å²) in [6, 6.07) is 14.7. The van der Waals surface area contributed by atoms with Crippen LogP contribution in [0.15, 0.2) is 48.5 Å². The van der Waals surface area contributed by atoms with E-state index in [2.05, 4.69) is 10.6 Å². The van der Waals surface area contributed by atoms with E-state index in [9.17, 15) is 9.59 Å². The molecule has 2 aromatic carbocycles. The lowest BCUT2D eigenvalue weighted by Gasteiger charge is -2.37. The predicted octanol–water partition coefficient (Wildman–Crippen LogP) is 3.57. The Morgan fingerprint density at radius 2 is 1.89 bits per heavy atom. The molecule has 1 unspecified atom stereocenters. The number of nitrogens with one attached hydrogen (secondary N) is 2. The van der Waals surface area contributed by atoms with Crippen molar-refractivity contribution in [3.8, 4) is 11.5 Å². The molecule has 0 saturated carbocycles. The summed E-state index contributed by atoms with van der Waals surface area (Å²) >= 11 is 0. The van der Waals surface area contributed by atoms with Crippen molar-refractivity contribution in [2.75, 3.05) is 40.5 Å². The number of ether oxygens (including phenoxy) is 3. The van der Waals surface area contributed by atoms with Crippen molar-refractivity contribution < 1.29 is 23.8 Å². The molecular formula is C28H39N3O5. The summed E-state index contributed by atoms with van der Waals surface area (Å²) in [4.78, 5) is 28.3. The fraction of sp³-hybridized carbons (Fsp3) is 0.500. The number of hydrogen-bond acceptors (Lipinski definition) is 6. The summed E-state index contributed by atoms with van der Waals surface area (Å²) < 4.78 is 17.4. The molecule has 1 saturated heterocycles. The minimum absolute atomic E-state index is 0.0436. The van der Waals surface area contributed by atoms with E-state index in [1.165, 1.54) is 0 Å². The Bertz CT molecular complexity index is 976. The van der Waals surface area contributed by atoms with E-state index in [4.69, 9.17) is 14.2 Å². The highest BCUT2D eigenvalue weighted by Gasteiger charge is 2.29. The molecule has 8 nitrogen and oxygen atoms in total. The molecule has 1 heterocycles. The van der Waals surface area contributed by atoms with Gasteiger partial charge in [0.25, 0.3) is 11.8 Å². The number of methoxy groups -OCH3 is 1. The minimum atomic E-state index is -0.862. The van der Waals surface area contributed by atoms with Gasteiger partial charge in [-0.1, -0.05) is 30.3 Å². The quantitative estimate of drug-likeness (QED) is 0.436. The second-order valence-corrected chi connectivity index (χ2v) is 9.19. The third kappa shape index (κ3) is 7.21. The Kier molecular flexibility index (Phi) is 10.6. The molecule has 1 aliphatic rings. The van der Waals surface area contributed by atoms with Crippen LogP contribution in [0, 0.1) is 0 Å². The maximum Gasteiger partial charge on any atom is 0.265 e. The summed E-state index contributed by atoms with van der Waals surface area (Å²) in [6.45, 7) is 6.79. The first-order valence-corrected chi connectivity index (χ1v) is 12.7. The maximum absolute atomic E-state index is 13.6. The molecule has 0 spiro atoms.